The fourth-order valence-corrected chi connectivity index (χ4v) is 0.605. The molecule has 0 saturated heterocycles. The van der Waals surface area contributed by atoms with Crippen molar-refractivity contribution in [1.29, 1.82) is 0 Å². The third kappa shape index (κ3) is 1.58. The van der Waals surface area contributed by atoms with Gasteiger partial charge in [-0.25, -0.2) is 4.98 Å². The minimum absolute atomic E-state index is 0.344. The smallest absolute Gasteiger partial charge is 0.309 e. The summed E-state index contributed by atoms with van der Waals surface area (Å²) in [6.45, 7) is 3.13. The molecule has 1 aromatic rings. The molecule has 1 N–H and O–H groups in total. The van der Waals surface area contributed by atoms with Gasteiger partial charge in [0.1, 0.15) is 5.82 Å². The lowest BCUT2D eigenvalue weighted by Crippen LogP contribution is -2.01. The molecule has 0 aliphatic carbocycles. The van der Waals surface area contributed by atoms with Crippen LogP contribution in [0.1, 0.15) is 12.7 Å². The van der Waals surface area contributed by atoms with Crippen molar-refractivity contribution in [1.82, 2.24) is 9.97 Å². The third-order valence-corrected chi connectivity index (χ3v) is 0.933. The standard InChI is InChI=1S/C6H8N2O2/c1-4-7-3-6(8-4)10-5(2)9/h3H,1-2H3,(H,7,8). The summed E-state index contributed by atoms with van der Waals surface area (Å²) in [4.78, 5) is 16.9. The average Bonchev–Trinajstić information content (AvgIpc) is 2.13. The molecule has 0 fully saturated rings. The molecule has 54 valence electrons. The Morgan fingerprint density at radius 1 is 1.80 bits per heavy atom. The Hall–Kier alpha value is -1.32. The molecule has 10 heavy (non-hydrogen) atoms. The van der Waals surface area contributed by atoms with E-state index in [4.69, 9.17) is 0 Å². The first-order valence-electron chi connectivity index (χ1n) is 2.88. The van der Waals surface area contributed by atoms with Gasteiger partial charge in [-0.05, 0) is 6.92 Å². The Balaban J connectivity index is 2.67. The minimum Gasteiger partial charge on any atom is -0.408 e. The monoisotopic (exact) mass is 140 g/mol. The van der Waals surface area contributed by atoms with Gasteiger partial charge in [-0.3, -0.25) is 4.79 Å². The number of aromatic nitrogens is 2. The number of aromatic amines is 1. The van der Waals surface area contributed by atoms with E-state index in [0.29, 0.717) is 5.88 Å². The van der Waals surface area contributed by atoms with Crippen LogP contribution < -0.4 is 4.74 Å². The van der Waals surface area contributed by atoms with Gasteiger partial charge in [0.15, 0.2) is 0 Å². The Labute approximate surface area is 58.2 Å². The van der Waals surface area contributed by atoms with Gasteiger partial charge in [-0.1, -0.05) is 0 Å². The van der Waals surface area contributed by atoms with Crippen LogP contribution in [0.25, 0.3) is 0 Å². The molecule has 1 aromatic heterocycles. The topological polar surface area (TPSA) is 55.0 Å². The molecule has 0 amide bonds. The van der Waals surface area contributed by atoms with Crippen LogP contribution in [0.5, 0.6) is 5.88 Å². The fourth-order valence-electron chi connectivity index (χ4n) is 0.605. The highest BCUT2D eigenvalue weighted by Gasteiger charge is 1.98. The number of rotatable bonds is 1. The van der Waals surface area contributed by atoms with Crippen LogP contribution in [0, 0.1) is 6.92 Å². The molecule has 0 aliphatic heterocycles. The minimum atomic E-state index is -0.344. The maximum Gasteiger partial charge on any atom is 0.309 e. The number of nitrogens with zero attached hydrogens (tertiary/aromatic N) is 1. The SMILES string of the molecule is CC(=O)Oc1cnc(C)[nH]1. The van der Waals surface area contributed by atoms with Gasteiger partial charge in [-0.15, -0.1) is 0 Å². The summed E-state index contributed by atoms with van der Waals surface area (Å²) in [5.74, 6) is 0.782. The second-order valence-corrected chi connectivity index (χ2v) is 1.93. The molecule has 4 heteroatoms. The van der Waals surface area contributed by atoms with Crippen LogP contribution in [-0.4, -0.2) is 15.9 Å². The zero-order valence-electron chi connectivity index (χ0n) is 5.84. The molecule has 1 rings (SSSR count). The number of aryl methyl sites for hydroxylation is 1. The number of carbonyl (C=O) groups excluding carboxylic acids is 1. The first-order valence-corrected chi connectivity index (χ1v) is 2.88. The predicted octanol–water partition coefficient (Wildman–Crippen LogP) is 0.643. The summed E-state index contributed by atoms with van der Waals surface area (Å²) in [7, 11) is 0. The molecule has 0 unspecified atom stereocenters. The molecule has 0 aromatic carbocycles. The molecular weight excluding hydrogens is 132 g/mol. The Kier molecular flexibility index (Phi) is 1.71. The van der Waals surface area contributed by atoms with Crippen molar-refractivity contribution >= 4 is 5.97 Å². The quantitative estimate of drug-likeness (QED) is 0.582. The second kappa shape index (κ2) is 2.51. The van der Waals surface area contributed by atoms with Crippen molar-refractivity contribution in [3.05, 3.63) is 12.0 Å². The van der Waals surface area contributed by atoms with Crippen molar-refractivity contribution < 1.29 is 9.53 Å². The van der Waals surface area contributed by atoms with Gasteiger partial charge in [-0.2, -0.15) is 0 Å². The van der Waals surface area contributed by atoms with Gasteiger partial charge < -0.3 is 9.72 Å². The summed E-state index contributed by atoms with van der Waals surface area (Å²) in [5, 5.41) is 0. The van der Waals surface area contributed by atoms with E-state index in [0.717, 1.165) is 5.82 Å². The van der Waals surface area contributed by atoms with Gasteiger partial charge in [0, 0.05) is 6.92 Å². The van der Waals surface area contributed by atoms with Gasteiger partial charge in [0.25, 0.3) is 0 Å². The maximum absolute atomic E-state index is 10.4. The van der Waals surface area contributed by atoms with Gasteiger partial charge in [0.2, 0.25) is 5.88 Å². The highest BCUT2D eigenvalue weighted by Crippen LogP contribution is 2.04. The lowest BCUT2D eigenvalue weighted by Gasteiger charge is -1.92. The number of ether oxygens (including phenoxy) is 1. The van der Waals surface area contributed by atoms with Crippen LogP contribution in [0.15, 0.2) is 6.20 Å². The van der Waals surface area contributed by atoms with Crippen LogP contribution in [-0.2, 0) is 4.79 Å². The third-order valence-electron chi connectivity index (χ3n) is 0.933. The number of esters is 1. The van der Waals surface area contributed by atoms with Crippen molar-refractivity contribution in [2.45, 2.75) is 13.8 Å². The summed E-state index contributed by atoms with van der Waals surface area (Å²) in [5.41, 5.74) is 0. The largest absolute Gasteiger partial charge is 0.408 e. The number of nitrogens with one attached hydrogen (secondary N) is 1. The van der Waals surface area contributed by atoms with E-state index < -0.39 is 0 Å². The fraction of sp³-hybridized carbons (Fsp3) is 0.333. The lowest BCUT2D eigenvalue weighted by atomic mass is 10.7. The van der Waals surface area contributed by atoms with Gasteiger partial charge in [0.05, 0.1) is 6.20 Å². The number of hydrogen-bond donors (Lipinski definition) is 1. The average molecular weight is 140 g/mol. The van der Waals surface area contributed by atoms with E-state index in [-0.39, 0.29) is 5.97 Å². The van der Waals surface area contributed by atoms with Crippen LogP contribution in [0.2, 0.25) is 0 Å². The van der Waals surface area contributed by atoms with Crippen LogP contribution in [0.4, 0.5) is 0 Å². The molecule has 0 aliphatic rings. The summed E-state index contributed by atoms with van der Waals surface area (Å²) in [6.07, 6.45) is 1.47. The number of H-pyrrole nitrogens is 1. The zero-order valence-corrected chi connectivity index (χ0v) is 5.84. The van der Waals surface area contributed by atoms with E-state index in [2.05, 4.69) is 14.7 Å². The van der Waals surface area contributed by atoms with Crippen LogP contribution in [0.3, 0.4) is 0 Å². The number of imidazole rings is 1. The molecule has 4 nitrogen and oxygen atoms in total. The maximum atomic E-state index is 10.4. The summed E-state index contributed by atoms with van der Waals surface area (Å²) >= 11 is 0. The number of hydrogen-bond acceptors (Lipinski definition) is 3. The van der Waals surface area contributed by atoms with Crippen molar-refractivity contribution in [2.24, 2.45) is 0 Å². The molecule has 0 radical (unpaired) electrons. The predicted molar refractivity (Wildman–Crippen MR) is 34.6 cm³/mol. The van der Waals surface area contributed by atoms with E-state index in [1.165, 1.54) is 13.1 Å². The first-order chi connectivity index (χ1) is 4.68. The lowest BCUT2D eigenvalue weighted by molar-refractivity contribution is -0.132. The van der Waals surface area contributed by atoms with E-state index in [1.54, 1.807) is 6.92 Å². The number of carbonyl (C=O) groups is 1. The van der Waals surface area contributed by atoms with Crippen LogP contribution >= 0.6 is 0 Å². The molecule has 1 heterocycles. The van der Waals surface area contributed by atoms with Crippen molar-refractivity contribution in [3.8, 4) is 5.88 Å². The molecule has 0 atom stereocenters. The summed E-state index contributed by atoms with van der Waals surface area (Å²) < 4.78 is 4.68. The molecule has 0 spiro atoms. The zero-order chi connectivity index (χ0) is 7.56. The van der Waals surface area contributed by atoms with E-state index in [1.807, 2.05) is 0 Å². The molecule has 0 bridgehead atoms. The van der Waals surface area contributed by atoms with Crippen molar-refractivity contribution in [2.75, 3.05) is 0 Å². The first kappa shape index (κ1) is 6.80. The normalized spacial score (nSPS) is 9.40. The molecule has 0 saturated carbocycles. The second-order valence-electron chi connectivity index (χ2n) is 1.93. The Bertz CT molecular complexity index is 242. The van der Waals surface area contributed by atoms with E-state index in [9.17, 15) is 4.79 Å². The van der Waals surface area contributed by atoms with Gasteiger partial charge >= 0.3 is 5.97 Å². The summed E-state index contributed by atoms with van der Waals surface area (Å²) in [6, 6.07) is 0. The highest BCUT2D eigenvalue weighted by molar-refractivity contribution is 5.68. The van der Waals surface area contributed by atoms with E-state index >= 15 is 0 Å². The molecular formula is C6H8N2O2. The van der Waals surface area contributed by atoms with Crippen molar-refractivity contribution in [3.63, 3.8) is 0 Å². The Morgan fingerprint density at radius 2 is 2.50 bits per heavy atom. The Morgan fingerprint density at radius 3 is 2.90 bits per heavy atom. The highest BCUT2D eigenvalue weighted by atomic mass is 16.5.